The molecule has 3 nitrogen and oxygen atoms in total. The van der Waals surface area contributed by atoms with Gasteiger partial charge in [0.15, 0.2) is 0 Å². The van der Waals surface area contributed by atoms with Gasteiger partial charge in [0.2, 0.25) is 0 Å². The lowest BCUT2D eigenvalue weighted by molar-refractivity contribution is 0.479. The van der Waals surface area contributed by atoms with Crippen LogP contribution in [0.5, 0.6) is 5.75 Å². The van der Waals surface area contributed by atoms with E-state index < -0.39 is 0 Å². The second-order valence-electron chi connectivity index (χ2n) is 4.24. The normalized spacial score (nSPS) is 11.4. The molecule has 86 valence electrons. The molecule has 0 saturated heterocycles. The van der Waals surface area contributed by atoms with E-state index in [9.17, 15) is 5.11 Å². The molecule has 0 bridgehead atoms. The molecule has 0 unspecified atom stereocenters. The Morgan fingerprint density at radius 3 is 2.82 bits per heavy atom. The topological polar surface area (TPSA) is 38.1 Å². The summed E-state index contributed by atoms with van der Waals surface area (Å²) in [6, 6.07) is 8.11. The third-order valence-electron chi connectivity index (χ3n) is 3.31. The van der Waals surface area contributed by atoms with Gasteiger partial charge in [-0.2, -0.15) is 0 Å². The Morgan fingerprint density at radius 1 is 1.29 bits per heavy atom. The second kappa shape index (κ2) is 3.48. The molecule has 0 atom stereocenters. The molecule has 1 aromatic carbocycles. The minimum atomic E-state index is 0.258. The highest BCUT2D eigenvalue weighted by Crippen LogP contribution is 2.35. The Kier molecular flexibility index (Phi) is 2.08. The fraction of sp³-hybridized carbons (Fsp3) is 0.214. The van der Waals surface area contributed by atoms with Crippen molar-refractivity contribution in [3.8, 4) is 5.75 Å². The summed E-state index contributed by atoms with van der Waals surface area (Å²) in [5.41, 5.74) is 3.19. The van der Waals surface area contributed by atoms with E-state index in [4.69, 9.17) is 0 Å². The molecule has 3 rings (SSSR count). The van der Waals surface area contributed by atoms with Crippen molar-refractivity contribution in [3.05, 3.63) is 36.2 Å². The number of aromatic nitrogens is 2. The van der Waals surface area contributed by atoms with Gasteiger partial charge in [0.25, 0.3) is 0 Å². The zero-order valence-electron chi connectivity index (χ0n) is 9.94. The number of rotatable bonds is 1. The maximum atomic E-state index is 10.0. The summed E-state index contributed by atoms with van der Waals surface area (Å²) in [5, 5.41) is 12.0. The van der Waals surface area contributed by atoms with Crippen molar-refractivity contribution in [2.75, 3.05) is 0 Å². The molecule has 0 saturated carbocycles. The minimum absolute atomic E-state index is 0.258. The van der Waals surface area contributed by atoms with Gasteiger partial charge < -0.3 is 9.67 Å². The molecule has 1 N–H and O–H groups in total. The number of para-hydroxylation sites is 1. The van der Waals surface area contributed by atoms with Gasteiger partial charge in [-0.25, -0.2) is 0 Å². The van der Waals surface area contributed by atoms with Crippen LogP contribution in [-0.2, 0) is 13.5 Å². The van der Waals surface area contributed by atoms with Crippen molar-refractivity contribution in [3.63, 3.8) is 0 Å². The Morgan fingerprint density at radius 2 is 2.06 bits per heavy atom. The standard InChI is InChI=1S/C14H14N2O/c1-3-10-14-13(12(17)8-15-10)9-6-4-5-7-11(9)16(14)2/h4-8,17H,3H2,1-2H3. The predicted molar refractivity (Wildman–Crippen MR) is 69.3 cm³/mol. The average Bonchev–Trinajstić information content (AvgIpc) is 2.66. The van der Waals surface area contributed by atoms with Crippen LogP contribution >= 0.6 is 0 Å². The molecule has 3 aromatic rings. The minimum Gasteiger partial charge on any atom is -0.506 e. The van der Waals surface area contributed by atoms with Crippen molar-refractivity contribution in [1.29, 1.82) is 0 Å². The van der Waals surface area contributed by atoms with Crippen molar-refractivity contribution in [1.82, 2.24) is 9.55 Å². The molecule has 0 aliphatic rings. The first-order chi connectivity index (χ1) is 8.24. The number of hydrogen-bond donors (Lipinski definition) is 1. The van der Waals surface area contributed by atoms with Gasteiger partial charge >= 0.3 is 0 Å². The van der Waals surface area contributed by atoms with E-state index in [2.05, 4.69) is 22.5 Å². The number of aromatic hydroxyl groups is 1. The van der Waals surface area contributed by atoms with Crippen molar-refractivity contribution >= 4 is 21.8 Å². The fourth-order valence-electron chi connectivity index (χ4n) is 2.51. The summed E-state index contributed by atoms with van der Waals surface area (Å²) in [6.07, 6.45) is 2.41. The van der Waals surface area contributed by atoms with Gasteiger partial charge in [0, 0.05) is 18.0 Å². The summed E-state index contributed by atoms with van der Waals surface area (Å²) in [5.74, 6) is 0.258. The Hall–Kier alpha value is -2.03. The monoisotopic (exact) mass is 226 g/mol. The summed E-state index contributed by atoms with van der Waals surface area (Å²) in [6.45, 7) is 2.08. The number of hydrogen-bond acceptors (Lipinski definition) is 2. The third kappa shape index (κ3) is 1.25. The summed E-state index contributed by atoms with van der Waals surface area (Å²) in [4.78, 5) is 4.31. The molecule has 2 heterocycles. The van der Waals surface area contributed by atoms with E-state index in [0.29, 0.717) is 0 Å². The summed E-state index contributed by atoms with van der Waals surface area (Å²) >= 11 is 0. The van der Waals surface area contributed by atoms with Gasteiger partial charge in [-0.15, -0.1) is 0 Å². The van der Waals surface area contributed by atoms with Gasteiger partial charge in [0.05, 0.1) is 22.8 Å². The van der Waals surface area contributed by atoms with E-state index in [1.807, 2.05) is 25.2 Å². The number of aryl methyl sites for hydroxylation is 2. The van der Waals surface area contributed by atoms with Crippen LogP contribution in [0.3, 0.4) is 0 Å². The molecular weight excluding hydrogens is 212 g/mol. The van der Waals surface area contributed by atoms with Gasteiger partial charge in [0.1, 0.15) is 5.75 Å². The molecule has 0 aliphatic carbocycles. The van der Waals surface area contributed by atoms with Crippen LogP contribution in [0.15, 0.2) is 30.5 Å². The lowest BCUT2D eigenvalue weighted by atomic mass is 10.1. The van der Waals surface area contributed by atoms with Gasteiger partial charge in [-0.05, 0) is 12.5 Å². The summed E-state index contributed by atoms with van der Waals surface area (Å²) < 4.78 is 2.11. The molecule has 0 fully saturated rings. The second-order valence-corrected chi connectivity index (χ2v) is 4.24. The quantitative estimate of drug-likeness (QED) is 0.692. The van der Waals surface area contributed by atoms with Crippen LogP contribution in [0.4, 0.5) is 0 Å². The van der Waals surface area contributed by atoms with Crippen molar-refractivity contribution < 1.29 is 5.11 Å². The number of nitrogens with zero attached hydrogens (tertiary/aromatic N) is 2. The maximum Gasteiger partial charge on any atom is 0.143 e. The SMILES string of the molecule is CCc1ncc(O)c2c3ccccc3n(C)c12. The van der Waals surface area contributed by atoms with Crippen molar-refractivity contribution in [2.24, 2.45) is 7.05 Å². The highest BCUT2D eigenvalue weighted by atomic mass is 16.3. The van der Waals surface area contributed by atoms with E-state index in [1.54, 1.807) is 6.20 Å². The predicted octanol–water partition coefficient (Wildman–Crippen LogP) is 2.99. The van der Waals surface area contributed by atoms with E-state index in [1.165, 1.54) is 0 Å². The Bertz CT molecular complexity index is 713. The molecular formula is C14H14N2O. The first kappa shape index (κ1) is 10.1. The molecule has 0 spiro atoms. The largest absolute Gasteiger partial charge is 0.506 e. The molecule has 0 amide bonds. The van der Waals surface area contributed by atoms with Crippen LogP contribution < -0.4 is 0 Å². The van der Waals surface area contributed by atoms with Crippen LogP contribution in [0.2, 0.25) is 0 Å². The zero-order valence-corrected chi connectivity index (χ0v) is 9.94. The van der Waals surface area contributed by atoms with E-state index >= 15 is 0 Å². The van der Waals surface area contributed by atoms with Crippen molar-refractivity contribution in [2.45, 2.75) is 13.3 Å². The first-order valence-corrected chi connectivity index (χ1v) is 5.78. The lowest BCUT2D eigenvalue weighted by Crippen LogP contribution is -1.94. The average molecular weight is 226 g/mol. The highest BCUT2D eigenvalue weighted by Gasteiger charge is 2.14. The number of benzene rings is 1. The molecule has 2 aromatic heterocycles. The zero-order chi connectivity index (χ0) is 12.0. The van der Waals surface area contributed by atoms with Crippen LogP contribution in [-0.4, -0.2) is 14.7 Å². The molecule has 3 heteroatoms. The first-order valence-electron chi connectivity index (χ1n) is 5.78. The van der Waals surface area contributed by atoms with Crippen LogP contribution in [0, 0.1) is 0 Å². The molecule has 0 aliphatic heterocycles. The molecule has 0 radical (unpaired) electrons. The summed E-state index contributed by atoms with van der Waals surface area (Å²) in [7, 11) is 2.02. The van der Waals surface area contributed by atoms with Gasteiger partial charge in [-0.1, -0.05) is 25.1 Å². The van der Waals surface area contributed by atoms with E-state index in [0.717, 1.165) is 33.9 Å². The number of fused-ring (bicyclic) bond motifs is 3. The number of pyridine rings is 1. The van der Waals surface area contributed by atoms with Gasteiger partial charge in [-0.3, -0.25) is 4.98 Å². The highest BCUT2D eigenvalue weighted by molar-refractivity contribution is 6.11. The smallest absolute Gasteiger partial charge is 0.143 e. The fourth-order valence-corrected chi connectivity index (χ4v) is 2.51. The molecule has 17 heavy (non-hydrogen) atoms. The Labute approximate surface area is 99.3 Å². The maximum absolute atomic E-state index is 10.0. The van der Waals surface area contributed by atoms with E-state index in [-0.39, 0.29) is 5.75 Å². The third-order valence-corrected chi connectivity index (χ3v) is 3.31. The van der Waals surface area contributed by atoms with Crippen LogP contribution in [0.25, 0.3) is 21.8 Å². The Balaban J connectivity index is 2.65. The van der Waals surface area contributed by atoms with Crippen LogP contribution in [0.1, 0.15) is 12.6 Å². The lowest BCUT2D eigenvalue weighted by Gasteiger charge is -2.03.